The third-order valence-electron chi connectivity index (χ3n) is 5.80. The molecule has 1 atom stereocenters. The summed E-state index contributed by atoms with van der Waals surface area (Å²) in [7, 11) is 0. The van der Waals surface area contributed by atoms with Crippen LogP contribution in [0, 0.1) is 0 Å². The molecule has 2 aromatic carbocycles. The second-order valence-electron chi connectivity index (χ2n) is 9.28. The number of ether oxygens (including phenoxy) is 2. The van der Waals surface area contributed by atoms with Gasteiger partial charge in [0.1, 0.15) is 0 Å². The van der Waals surface area contributed by atoms with Gasteiger partial charge in [-0.1, -0.05) is 51.1 Å². The van der Waals surface area contributed by atoms with Crippen molar-refractivity contribution in [3.05, 3.63) is 70.9 Å². The number of carbonyl (C=O) groups is 1. The van der Waals surface area contributed by atoms with E-state index < -0.39 is 0 Å². The zero-order valence-electron chi connectivity index (χ0n) is 18.6. The molecule has 0 bridgehead atoms. The first kappa shape index (κ1) is 21.8. The van der Waals surface area contributed by atoms with E-state index in [1.54, 1.807) is 6.08 Å². The molecule has 0 spiro atoms. The molecule has 4 nitrogen and oxygen atoms in total. The molecule has 2 aliphatic rings. The van der Waals surface area contributed by atoms with Crippen molar-refractivity contribution >= 4 is 17.5 Å². The first-order chi connectivity index (χ1) is 14.9. The van der Waals surface area contributed by atoms with E-state index in [1.807, 2.05) is 23.9 Å². The van der Waals surface area contributed by atoms with Gasteiger partial charge in [-0.05, 0) is 46.6 Å². The molecule has 164 valence electrons. The van der Waals surface area contributed by atoms with Gasteiger partial charge in [0.05, 0.1) is 0 Å². The van der Waals surface area contributed by atoms with Crippen LogP contribution in [0.5, 0.6) is 11.5 Å². The van der Waals surface area contributed by atoms with Gasteiger partial charge in [-0.2, -0.15) is 11.8 Å². The molecule has 1 aliphatic carbocycles. The first-order valence-electron chi connectivity index (χ1n) is 10.9. The Morgan fingerprint density at radius 1 is 1.03 bits per heavy atom. The highest BCUT2D eigenvalue weighted by molar-refractivity contribution is 7.98. The zero-order valence-corrected chi connectivity index (χ0v) is 19.4. The van der Waals surface area contributed by atoms with Crippen molar-refractivity contribution in [3.8, 4) is 11.5 Å². The first-order valence-corrected chi connectivity index (χ1v) is 12.1. The van der Waals surface area contributed by atoms with Crippen LogP contribution in [-0.2, 0) is 16.0 Å². The molecule has 1 N–H and O–H groups in total. The van der Waals surface area contributed by atoms with Gasteiger partial charge in [0, 0.05) is 36.2 Å². The summed E-state index contributed by atoms with van der Waals surface area (Å²) in [6, 6.07) is 15.0. The van der Waals surface area contributed by atoms with E-state index in [4.69, 9.17) is 9.47 Å². The Hall–Kier alpha value is -2.40. The maximum absolute atomic E-state index is 12.3. The lowest BCUT2D eigenvalue weighted by Crippen LogP contribution is -2.23. The number of hydrogen-bond donors (Lipinski definition) is 1. The van der Waals surface area contributed by atoms with Crippen LogP contribution in [0.1, 0.15) is 56.2 Å². The molecule has 0 fully saturated rings. The monoisotopic (exact) mass is 437 g/mol. The Labute approximate surface area is 189 Å². The fourth-order valence-corrected chi connectivity index (χ4v) is 4.81. The van der Waals surface area contributed by atoms with E-state index >= 15 is 0 Å². The molecule has 0 saturated carbocycles. The minimum Gasteiger partial charge on any atom is -0.454 e. The molecule has 0 saturated heterocycles. The van der Waals surface area contributed by atoms with Crippen LogP contribution < -0.4 is 14.8 Å². The third-order valence-corrected chi connectivity index (χ3v) is 6.83. The van der Waals surface area contributed by atoms with Gasteiger partial charge in [-0.3, -0.25) is 4.79 Å². The lowest BCUT2D eigenvalue weighted by atomic mass is 9.85. The average molecular weight is 438 g/mol. The lowest BCUT2D eigenvalue weighted by Gasteiger charge is -2.23. The number of fused-ring (bicyclic) bond motifs is 1. The standard InChI is InChI=1S/C26H31NO3S/c1-26(2,3)21-7-4-18(5-8-21)16-31-11-10-27-22-12-20(13-23(28)15-22)19-6-9-24-25(14-19)30-17-29-24/h4-9,14-15,20,27H,10-13,16-17H2,1-3H3/t20-/m1/s1. The predicted molar refractivity (Wildman–Crippen MR) is 127 cm³/mol. The molecule has 5 heteroatoms. The Bertz CT molecular complexity index is 960. The predicted octanol–water partition coefficient (Wildman–Crippen LogP) is 5.57. The van der Waals surface area contributed by atoms with Crippen molar-refractivity contribution in [1.82, 2.24) is 5.32 Å². The van der Waals surface area contributed by atoms with E-state index in [-0.39, 0.29) is 23.9 Å². The van der Waals surface area contributed by atoms with Crippen molar-refractivity contribution in [3.63, 3.8) is 0 Å². The minimum atomic E-state index is 0.183. The number of thioether (sulfide) groups is 1. The van der Waals surface area contributed by atoms with Gasteiger partial charge in [0.2, 0.25) is 6.79 Å². The quantitative estimate of drug-likeness (QED) is 0.574. The van der Waals surface area contributed by atoms with Gasteiger partial charge in [-0.25, -0.2) is 0 Å². The summed E-state index contributed by atoms with van der Waals surface area (Å²) in [5.41, 5.74) is 5.09. The molecular formula is C26H31NO3S. The van der Waals surface area contributed by atoms with E-state index in [1.165, 1.54) is 11.1 Å². The molecule has 0 radical (unpaired) electrons. The summed E-state index contributed by atoms with van der Waals surface area (Å²) >= 11 is 1.91. The fraction of sp³-hybridized carbons (Fsp3) is 0.423. The third kappa shape index (κ3) is 5.65. The largest absolute Gasteiger partial charge is 0.454 e. The van der Waals surface area contributed by atoms with Gasteiger partial charge >= 0.3 is 0 Å². The molecule has 0 amide bonds. The number of allylic oxidation sites excluding steroid dienone is 2. The van der Waals surface area contributed by atoms with Gasteiger partial charge in [-0.15, -0.1) is 0 Å². The number of carbonyl (C=O) groups excluding carboxylic acids is 1. The van der Waals surface area contributed by atoms with Crippen LogP contribution >= 0.6 is 11.8 Å². The Balaban J connectivity index is 1.24. The molecule has 1 heterocycles. The Morgan fingerprint density at radius 2 is 1.81 bits per heavy atom. The molecule has 4 rings (SSSR count). The van der Waals surface area contributed by atoms with Gasteiger partial charge in [0.25, 0.3) is 0 Å². The van der Waals surface area contributed by atoms with Crippen molar-refractivity contribution in [2.24, 2.45) is 0 Å². The van der Waals surface area contributed by atoms with E-state index in [0.29, 0.717) is 6.42 Å². The molecule has 31 heavy (non-hydrogen) atoms. The summed E-state index contributed by atoms with van der Waals surface area (Å²) in [4.78, 5) is 12.3. The Kier molecular flexibility index (Phi) is 6.61. The number of benzene rings is 2. The lowest BCUT2D eigenvalue weighted by molar-refractivity contribution is -0.115. The summed E-state index contributed by atoms with van der Waals surface area (Å²) in [5.74, 6) is 3.93. The average Bonchev–Trinajstić information content (AvgIpc) is 3.21. The zero-order chi connectivity index (χ0) is 21.8. The van der Waals surface area contributed by atoms with Crippen molar-refractivity contribution in [2.75, 3.05) is 19.1 Å². The van der Waals surface area contributed by atoms with E-state index in [9.17, 15) is 4.79 Å². The second-order valence-corrected chi connectivity index (χ2v) is 10.4. The van der Waals surface area contributed by atoms with Crippen LogP contribution in [-0.4, -0.2) is 24.9 Å². The summed E-state index contributed by atoms with van der Waals surface area (Å²) in [5, 5.41) is 3.48. The summed E-state index contributed by atoms with van der Waals surface area (Å²) in [6.45, 7) is 7.85. The highest BCUT2D eigenvalue weighted by Crippen LogP contribution is 2.38. The topological polar surface area (TPSA) is 47.6 Å². The van der Waals surface area contributed by atoms with E-state index in [2.05, 4.69) is 56.4 Å². The van der Waals surface area contributed by atoms with Crippen LogP contribution in [0.2, 0.25) is 0 Å². The van der Waals surface area contributed by atoms with Crippen LogP contribution in [0.25, 0.3) is 0 Å². The molecule has 1 aliphatic heterocycles. The second kappa shape index (κ2) is 9.39. The van der Waals surface area contributed by atoms with Crippen molar-refractivity contribution < 1.29 is 14.3 Å². The highest BCUT2D eigenvalue weighted by Gasteiger charge is 2.24. The number of ketones is 1. The van der Waals surface area contributed by atoms with Crippen molar-refractivity contribution in [2.45, 2.75) is 50.7 Å². The minimum absolute atomic E-state index is 0.183. The number of rotatable bonds is 7. The highest BCUT2D eigenvalue weighted by atomic mass is 32.2. The Morgan fingerprint density at radius 3 is 2.58 bits per heavy atom. The smallest absolute Gasteiger partial charge is 0.231 e. The van der Waals surface area contributed by atoms with Crippen LogP contribution in [0.3, 0.4) is 0 Å². The maximum atomic E-state index is 12.3. The normalized spacial score (nSPS) is 18.1. The molecule has 0 unspecified atom stereocenters. The maximum Gasteiger partial charge on any atom is 0.231 e. The molecule has 2 aromatic rings. The molecule has 0 aromatic heterocycles. The van der Waals surface area contributed by atoms with Crippen molar-refractivity contribution in [1.29, 1.82) is 0 Å². The van der Waals surface area contributed by atoms with E-state index in [0.717, 1.165) is 47.2 Å². The summed E-state index contributed by atoms with van der Waals surface area (Å²) < 4.78 is 10.9. The van der Waals surface area contributed by atoms with Crippen LogP contribution in [0.15, 0.2) is 54.2 Å². The van der Waals surface area contributed by atoms with Gasteiger partial charge in [0.15, 0.2) is 17.3 Å². The SMILES string of the molecule is CC(C)(C)c1ccc(CSCCNC2=CC(=O)C[C@H](c3ccc4c(c3)OCO4)C2)cc1. The van der Waals surface area contributed by atoms with Gasteiger partial charge < -0.3 is 14.8 Å². The number of nitrogens with one attached hydrogen (secondary N) is 1. The molecular weight excluding hydrogens is 406 g/mol. The van der Waals surface area contributed by atoms with Crippen LogP contribution in [0.4, 0.5) is 0 Å². The number of hydrogen-bond acceptors (Lipinski definition) is 5. The fourth-order valence-electron chi connectivity index (χ4n) is 3.99. The summed E-state index contributed by atoms with van der Waals surface area (Å²) in [6.07, 6.45) is 3.17.